The summed E-state index contributed by atoms with van der Waals surface area (Å²) in [6, 6.07) is 0.511. The molecule has 20 heavy (non-hydrogen) atoms. The van der Waals surface area contributed by atoms with Crippen LogP contribution in [0.15, 0.2) is 16.6 Å². The first-order valence-electron chi connectivity index (χ1n) is 5.62. The van der Waals surface area contributed by atoms with Crippen molar-refractivity contribution in [3.63, 3.8) is 0 Å². The number of carbonyl (C=O) groups excluding carboxylic acids is 1. The summed E-state index contributed by atoms with van der Waals surface area (Å²) in [4.78, 5) is 11.3. The summed E-state index contributed by atoms with van der Waals surface area (Å²) in [6.45, 7) is 1.20. The van der Waals surface area contributed by atoms with E-state index in [2.05, 4.69) is 20.7 Å². The average Bonchev–Trinajstić information content (AvgIpc) is 2.40. The molecular weight excluding hydrogens is 340 g/mol. The summed E-state index contributed by atoms with van der Waals surface area (Å²) in [7, 11) is 1.26. The zero-order valence-electron chi connectivity index (χ0n) is 10.8. The van der Waals surface area contributed by atoms with Gasteiger partial charge in [0.25, 0.3) is 0 Å². The van der Waals surface area contributed by atoms with Gasteiger partial charge in [0.05, 0.1) is 13.7 Å². The summed E-state index contributed by atoms with van der Waals surface area (Å²) in [5.74, 6) is -6.30. The Labute approximate surface area is 122 Å². The Bertz CT molecular complexity index is 510. The molecule has 0 spiro atoms. The molecule has 1 rings (SSSR count). The molecule has 0 aliphatic heterocycles. The number of phenolic OH excluding ortho intramolecular Hbond substituents is 1. The van der Waals surface area contributed by atoms with E-state index in [-0.39, 0.29) is 17.9 Å². The van der Waals surface area contributed by atoms with Crippen LogP contribution in [0.1, 0.15) is 18.5 Å². The lowest BCUT2D eigenvalue weighted by molar-refractivity contribution is -0.174. The molecule has 0 aromatic heterocycles. The second-order valence-corrected chi connectivity index (χ2v) is 4.78. The predicted octanol–water partition coefficient (Wildman–Crippen LogP) is 2.36. The highest BCUT2D eigenvalue weighted by Crippen LogP contribution is 2.41. The third-order valence-electron chi connectivity index (χ3n) is 2.56. The SMILES string of the molecule is CCOC(=O)C(F)(F)[C@H](N)c1cc(Br)cc(OC)c1O. The van der Waals surface area contributed by atoms with Gasteiger partial charge in [0, 0.05) is 10.0 Å². The van der Waals surface area contributed by atoms with Crippen LogP contribution >= 0.6 is 15.9 Å². The Morgan fingerprint density at radius 1 is 1.55 bits per heavy atom. The van der Waals surface area contributed by atoms with Gasteiger partial charge in [-0.15, -0.1) is 0 Å². The molecule has 0 saturated carbocycles. The maximum absolute atomic E-state index is 13.9. The summed E-state index contributed by atoms with van der Waals surface area (Å²) < 4.78 is 37.2. The molecule has 0 unspecified atom stereocenters. The molecular formula is C12H14BrF2NO4. The van der Waals surface area contributed by atoms with E-state index in [9.17, 15) is 18.7 Å². The van der Waals surface area contributed by atoms with Gasteiger partial charge in [-0.1, -0.05) is 15.9 Å². The molecule has 5 nitrogen and oxygen atoms in total. The van der Waals surface area contributed by atoms with Crippen molar-refractivity contribution in [1.29, 1.82) is 0 Å². The highest BCUT2D eigenvalue weighted by molar-refractivity contribution is 9.10. The van der Waals surface area contributed by atoms with Gasteiger partial charge in [-0.25, -0.2) is 4.79 Å². The van der Waals surface area contributed by atoms with E-state index in [1.165, 1.54) is 26.2 Å². The number of esters is 1. The monoisotopic (exact) mass is 353 g/mol. The highest BCUT2D eigenvalue weighted by atomic mass is 79.9. The Hall–Kier alpha value is -1.41. The van der Waals surface area contributed by atoms with E-state index in [1.807, 2.05) is 0 Å². The summed E-state index contributed by atoms with van der Waals surface area (Å²) in [6.07, 6.45) is 0. The van der Waals surface area contributed by atoms with Crippen LogP contribution in [0.2, 0.25) is 0 Å². The van der Waals surface area contributed by atoms with Crippen molar-refractivity contribution in [1.82, 2.24) is 0 Å². The number of nitrogens with two attached hydrogens (primary N) is 1. The molecule has 0 saturated heterocycles. The Morgan fingerprint density at radius 2 is 2.15 bits per heavy atom. The van der Waals surface area contributed by atoms with E-state index in [0.29, 0.717) is 4.47 Å². The second kappa shape index (κ2) is 6.36. The fraction of sp³-hybridized carbons (Fsp3) is 0.417. The van der Waals surface area contributed by atoms with Crippen LogP contribution in [-0.2, 0) is 9.53 Å². The molecule has 112 valence electrons. The van der Waals surface area contributed by atoms with Crippen LogP contribution in [0, 0.1) is 0 Å². The van der Waals surface area contributed by atoms with Crippen molar-refractivity contribution in [3.05, 3.63) is 22.2 Å². The lowest BCUT2D eigenvalue weighted by atomic mass is 10.00. The topological polar surface area (TPSA) is 81.8 Å². The number of halogens is 3. The van der Waals surface area contributed by atoms with Crippen molar-refractivity contribution in [2.45, 2.75) is 18.9 Å². The van der Waals surface area contributed by atoms with Crippen molar-refractivity contribution < 1.29 is 28.2 Å². The van der Waals surface area contributed by atoms with Crippen LogP contribution in [-0.4, -0.2) is 30.7 Å². The number of rotatable bonds is 5. The molecule has 1 aromatic carbocycles. The van der Waals surface area contributed by atoms with Gasteiger partial charge in [-0.2, -0.15) is 8.78 Å². The fourth-order valence-corrected chi connectivity index (χ4v) is 1.99. The first kappa shape index (κ1) is 16.6. The molecule has 1 aromatic rings. The first-order chi connectivity index (χ1) is 9.25. The van der Waals surface area contributed by atoms with Crippen molar-refractivity contribution in [2.24, 2.45) is 5.73 Å². The molecule has 1 atom stereocenters. The van der Waals surface area contributed by atoms with Gasteiger partial charge >= 0.3 is 11.9 Å². The number of benzene rings is 1. The quantitative estimate of drug-likeness (QED) is 0.794. The van der Waals surface area contributed by atoms with E-state index in [0.717, 1.165) is 0 Å². The minimum Gasteiger partial charge on any atom is -0.504 e. The zero-order valence-corrected chi connectivity index (χ0v) is 12.4. The molecule has 0 aliphatic carbocycles. The molecule has 0 fully saturated rings. The third kappa shape index (κ3) is 3.18. The maximum Gasteiger partial charge on any atom is 0.379 e. The van der Waals surface area contributed by atoms with Gasteiger partial charge in [0.1, 0.15) is 6.04 Å². The first-order valence-corrected chi connectivity index (χ1v) is 6.42. The fourth-order valence-electron chi connectivity index (χ4n) is 1.54. The van der Waals surface area contributed by atoms with Crippen molar-refractivity contribution >= 4 is 21.9 Å². The average molecular weight is 354 g/mol. The standard InChI is InChI=1S/C12H14BrF2NO4/c1-3-20-11(18)12(14,15)10(16)7-4-6(13)5-8(19-2)9(7)17/h4-5,10,17H,3,16H2,1-2H3/t10-/m1/s1. The Balaban J connectivity index is 3.23. The predicted molar refractivity (Wildman–Crippen MR) is 70.9 cm³/mol. The van der Waals surface area contributed by atoms with Gasteiger partial charge in [-0.05, 0) is 19.1 Å². The van der Waals surface area contributed by atoms with E-state index >= 15 is 0 Å². The van der Waals surface area contributed by atoms with Crippen LogP contribution in [0.25, 0.3) is 0 Å². The zero-order chi connectivity index (χ0) is 15.5. The number of alkyl halides is 2. The number of hydrogen-bond acceptors (Lipinski definition) is 5. The normalized spacial score (nSPS) is 12.9. The number of aromatic hydroxyl groups is 1. The van der Waals surface area contributed by atoms with Crippen molar-refractivity contribution in [3.8, 4) is 11.5 Å². The number of ether oxygens (including phenoxy) is 2. The van der Waals surface area contributed by atoms with E-state index < -0.39 is 23.7 Å². The van der Waals surface area contributed by atoms with Crippen LogP contribution in [0.4, 0.5) is 8.78 Å². The number of methoxy groups -OCH3 is 1. The van der Waals surface area contributed by atoms with Crippen molar-refractivity contribution in [2.75, 3.05) is 13.7 Å². The van der Waals surface area contributed by atoms with E-state index in [1.54, 1.807) is 0 Å². The Morgan fingerprint density at radius 3 is 2.65 bits per heavy atom. The van der Waals surface area contributed by atoms with Gasteiger partial charge < -0.3 is 20.3 Å². The maximum atomic E-state index is 13.9. The number of phenols is 1. The Kier molecular flexibility index (Phi) is 5.29. The lowest BCUT2D eigenvalue weighted by Gasteiger charge is -2.23. The number of carbonyl (C=O) groups is 1. The third-order valence-corrected chi connectivity index (χ3v) is 3.02. The summed E-state index contributed by atoms with van der Waals surface area (Å²) in [5, 5.41) is 9.85. The van der Waals surface area contributed by atoms with Gasteiger partial charge in [0.2, 0.25) is 0 Å². The highest BCUT2D eigenvalue weighted by Gasteiger charge is 2.49. The van der Waals surface area contributed by atoms with Crippen LogP contribution < -0.4 is 10.5 Å². The minimum absolute atomic E-state index is 0.0375. The summed E-state index contributed by atoms with van der Waals surface area (Å²) >= 11 is 3.08. The van der Waals surface area contributed by atoms with Gasteiger partial charge in [-0.3, -0.25) is 0 Å². The largest absolute Gasteiger partial charge is 0.504 e. The second-order valence-electron chi connectivity index (χ2n) is 3.87. The minimum atomic E-state index is -3.97. The van der Waals surface area contributed by atoms with Crippen LogP contribution in [0.3, 0.4) is 0 Å². The van der Waals surface area contributed by atoms with Gasteiger partial charge in [0.15, 0.2) is 11.5 Å². The lowest BCUT2D eigenvalue weighted by Crippen LogP contribution is -2.41. The molecule has 3 N–H and O–H groups in total. The molecule has 0 radical (unpaired) electrons. The molecule has 0 aliphatic rings. The van der Waals surface area contributed by atoms with E-state index in [4.69, 9.17) is 10.5 Å². The van der Waals surface area contributed by atoms with Crippen LogP contribution in [0.5, 0.6) is 11.5 Å². The molecule has 0 heterocycles. The number of hydrogen-bond donors (Lipinski definition) is 2. The molecule has 0 bridgehead atoms. The molecule has 0 amide bonds. The summed E-state index contributed by atoms with van der Waals surface area (Å²) in [5.41, 5.74) is 5.09. The smallest absolute Gasteiger partial charge is 0.379 e. The molecule has 8 heteroatoms.